The normalized spacial score (nSPS) is 10.3. The standard InChI is InChI=1S/C13H20N6O/c1-4-14-12-11(20-3)13(18-9-17-12)16-6-5-10-15-7-8-19(10)2/h7-9H,4-6H2,1-3H3,(H2,14,16,17,18). The van der Waals surface area contributed by atoms with E-state index in [2.05, 4.69) is 25.6 Å². The fraction of sp³-hybridized carbons (Fsp3) is 0.462. The Labute approximate surface area is 118 Å². The van der Waals surface area contributed by atoms with Crippen molar-refractivity contribution in [2.75, 3.05) is 30.8 Å². The number of aromatic nitrogens is 4. The van der Waals surface area contributed by atoms with Crippen molar-refractivity contribution < 1.29 is 4.74 Å². The van der Waals surface area contributed by atoms with Gasteiger partial charge in [-0.3, -0.25) is 0 Å². The molecule has 0 aromatic carbocycles. The highest BCUT2D eigenvalue weighted by molar-refractivity contribution is 5.63. The first-order chi connectivity index (χ1) is 9.76. The Hall–Kier alpha value is -2.31. The molecular weight excluding hydrogens is 256 g/mol. The predicted octanol–water partition coefficient (Wildman–Crippen LogP) is 1.31. The molecule has 2 aromatic rings. The monoisotopic (exact) mass is 276 g/mol. The smallest absolute Gasteiger partial charge is 0.204 e. The summed E-state index contributed by atoms with van der Waals surface area (Å²) in [6.45, 7) is 3.51. The Bertz CT molecular complexity index is 554. The number of methoxy groups -OCH3 is 1. The van der Waals surface area contributed by atoms with E-state index in [0.29, 0.717) is 17.4 Å². The molecule has 0 saturated heterocycles. The number of anilines is 2. The molecule has 2 rings (SSSR count). The molecular formula is C13H20N6O. The first kappa shape index (κ1) is 14.1. The van der Waals surface area contributed by atoms with Crippen molar-refractivity contribution in [3.8, 4) is 5.75 Å². The van der Waals surface area contributed by atoms with E-state index in [1.54, 1.807) is 13.3 Å². The lowest BCUT2D eigenvalue weighted by Gasteiger charge is -2.13. The molecule has 2 N–H and O–H groups in total. The first-order valence-electron chi connectivity index (χ1n) is 6.59. The molecule has 0 unspecified atom stereocenters. The number of hydrogen-bond acceptors (Lipinski definition) is 6. The van der Waals surface area contributed by atoms with Crippen LogP contribution in [0.5, 0.6) is 5.75 Å². The third kappa shape index (κ3) is 3.17. The van der Waals surface area contributed by atoms with Crippen molar-refractivity contribution in [1.29, 1.82) is 0 Å². The van der Waals surface area contributed by atoms with E-state index in [4.69, 9.17) is 4.74 Å². The molecule has 7 heteroatoms. The Morgan fingerprint density at radius 3 is 2.55 bits per heavy atom. The molecule has 0 amide bonds. The van der Waals surface area contributed by atoms with Crippen molar-refractivity contribution in [2.24, 2.45) is 7.05 Å². The van der Waals surface area contributed by atoms with Crippen molar-refractivity contribution in [2.45, 2.75) is 13.3 Å². The predicted molar refractivity (Wildman–Crippen MR) is 78.1 cm³/mol. The summed E-state index contributed by atoms with van der Waals surface area (Å²) in [6.07, 6.45) is 6.06. The molecule has 0 spiro atoms. The Morgan fingerprint density at radius 1 is 1.20 bits per heavy atom. The van der Waals surface area contributed by atoms with Crippen LogP contribution in [0.4, 0.5) is 11.6 Å². The number of rotatable bonds is 7. The Balaban J connectivity index is 2.02. The lowest BCUT2D eigenvalue weighted by Crippen LogP contribution is -2.12. The zero-order valence-electron chi connectivity index (χ0n) is 12.1. The molecule has 2 heterocycles. The summed E-state index contributed by atoms with van der Waals surface area (Å²) in [6, 6.07) is 0. The van der Waals surface area contributed by atoms with Crippen LogP contribution < -0.4 is 15.4 Å². The summed E-state index contributed by atoms with van der Waals surface area (Å²) in [4.78, 5) is 12.7. The summed E-state index contributed by atoms with van der Waals surface area (Å²) in [5.41, 5.74) is 0. The summed E-state index contributed by atoms with van der Waals surface area (Å²) >= 11 is 0. The maximum Gasteiger partial charge on any atom is 0.204 e. The number of hydrogen-bond donors (Lipinski definition) is 2. The fourth-order valence-corrected chi connectivity index (χ4v) is 1.92. The van der Waals surface area contributed by atoms with Crippen LogP contribution in [0.25, 0.3) is 0 Å². The summed E-state index contributed by atoms with van der Waals surface area (Å²) in [5, 5.41) is 6.41. The second-order valence-electron chi connectivity index (χ2n) is 4.27. The minimum atomic E-state index is 0.634. The van der Waals surface area contributed by atoms with Gasteiger partial charge >= 0.3 is 0 Å². The number of ether oxygens (including phenoxy) is 1. The molecule has 0 fully saturated rings. The van der Waals surface area contributed by atoms with Gasteiger partial charge in [-0.15, -0.1) is 0 Å². The molecule has 0 bridgehead atoms. The number of aryl methyl sites for hydroxylation is 1. The van der Waals surface area contributed by atoms with Crippen molar-refractivity contribution >= 4 is 11.6 Å². The van der Waals surface area contributed by atoms with Crippen LogP contribution >= 0.6 is 0 Å². The van der Waals surface area contributed by atoms with Gasteiger partial charge in [0, 0.05) is 39.0 Å². The van der Waals surface area contributed by atoms with Crippen molar-refractivity contribution in [3.63, 3.8) is 0 Å². The molecule has 0 aliphatic heterocycles. The lowest BCUT2D eigenvalue weighted by atomic mass is 10.3. The minimum absolute atomic E-state index is 0.634. The van der Waals surface area contributed by atoms with Crippen molar-refractivity contribution in [1.82, 2.24) is 19.5 Å². The van der Waals surface area contributed by atoms with Gasteiger partial charge in [0.1, 0.15) is 12.2 Å². The van der Waals surface area contributed by atoms with Crippen molar-refractivity contribution in [3.05, 3.63) is 24.5 Å². The van der Waals surface area contributed by atoms with E-state index in [1.165, 1.54) is 6.33 Å². The topological polar surface area (TPSA) is 76.9 Å². The van der Waals surface area contributed by atoms with Gasteiger partial charge in [0.05, 0.1) is 7.11 Å². The van der Waals surface area contributed by atoms with Crippen LogP contribution in [0.1, 0.15) is 12.7 Å². The van der Waals surface area contributed by atoms with E-state index in [9.17, 15) is 0 Å². The average molecular weight is 276 g/mol. The largest absolute Gasteiger partial charge is 0.490 e. The van der Waals surface area contributed by atoms with Crippen LogP contribution in [0.2, 0.25) is 0 Å². The quantitative estimate of drug-likeness (QED) is 0.794. The highest BCUT2D eigenvalue weighted by atomic mass is 16.5. The van der Waals surface area contributed by atoms with Crippen LogP contribution in [0, 0.1) is 0 Å². The summed E-state index contributed by atoms with van der Waals surface area (Å²) < 4.78 is 7.37. The van der Waals surface area contributed by atoms with Gasteiger partial charge in [-0.05, 0) is 6.92 Å². The lowest BCUT2D eigenvalue weighted by molar-refractivity contribution is 0.414. The van der Waals surface area contributed by atoms with Gasteiger partial charge in [-0.25, -0.2) is 15.0 Å². The van der Waals surface area contributed by atoms with E-state index in [0.717, 1.165) is 25.3 Å². The molecule has 108 valence electrons. The number of imidazole rings is 1. The Kier molecular flexibility index (Phi) is 4.75. The van der Waals surface area contributed by atoms with E-state index < -0.39 is 0 Å². The fourth-order valence-electron chi connectivity index (χ4n) is 1.92. The van der Waals surface area contributed by atoms with Gasteiger partial charge in [-0.2, -0.15) is 0 Å². The molecule has 0 radical (unpaired) electrons. The molecule has 7 nitrogen and oxygen atoms in total. The van der Waals surface area contributed by atoms with Gasteiger partial charge in [0.2, 0.25) is 5.75 Å². The van der Waals surface area contributed by atoms with Crippen LogP contribution in [0.3, 0.4) is 0 Å². The summed E-state index contributed by atoms with van der Waals surface area (Å²) in [7, 11) is 3.60. The average Bonchev–Trinajstić information content (AvgIpc) is 2.85. The van der Waals surface area contributed by atoms with Gasteiger partial charge < -0.3 is 19.9 Å². The maximum absolute atomic E-state index is 5.37. The molecule has 2 aromatic heterocycles. The van der Waals surface area contributed by atoms with Gasteiger partial charge in [0.25, 0.3) is 0 Å². The van der Waals surface area contributed by atoms with Crippen LogP contribution in [-0.4, -0.2) is 39.7 Å². The second kappa shape index (κ2) is 6.74. The maximum atomic E-state index is 5.37. The number of nitrogens with zero attached hydrogens (tertiary/aromatic N) is 4. The number of nitrogens with one attached hydrogen (secondary N) is 2. The zero-order valence-corrected chi connectivity index (χ0v) is 12.1. The molecule has 0 aliphatic carbocycles. The SMILES string of the molecule is CCNc1ncnc(NCCc2nccn2C)c1OC. The van der Waals surface area contributed by atoms with E-state index in [1.807, 2.05) is 24.7 Å². The minimum Gasteiger partial charge on any atom is -0.490 e. The molecule has 0 aliphatic rings. The molecule has 20 heavy (non-hydrogen) atoms. The van der Waals surface area contributed by atoms with E-state index in [-0.39, 0.29) is 0 Å². The summed E-state index contributed by atoms with van der Waals surface area (Å²) in [5.74, 6) is 3.05. The Morgan fingerprint density at radius 2 is 1.95 bits per heavy atom. The zero-order chi connectivity index (χ0) is 14.4. The third-order valence-corrected chi connectivity index (χ3v) is 2.91. The third-order valence-electron chi connectivity index (χ3n) is 2.91. The highest BCUT2D eigenvalue weighted by Crippen LogP contribution is 2.28. The van der Waals surface area contributed by atoms with Gasteiger partial charge in [0.15, 0.2) is 11.6 Å². The van der Waals surface area contributed by atoms with Crippen LogP contribution in [-0.2, 0) is 13.5 Å². The highest BCUT2D eigenvalue weighted by Gasteiger charge is 2.11. The van der Waals surface area contributed by atoms with E-state index >= 15 is 0 Å². The van der Waals surface area contributed by atoms with Gasteiger partial charge in [-0.1, -0.05) is 0 Å². The second-order valence-corrected chi connectivity index (χ2v) is 4.27. The molecule has 0 atom stereocenters. The molecule has 0 saturated carbocycles. The van der Waals surface area contributed by atoms with Crippen LogP contribution in [0.15, 0.2) is 18.7 Å². The first-order valence-corrected chi connectivity index (χ1v) is 6.59.